The van der Waals surface area contributed by atoms with Gasteiger partial charge in [0.15, 0.2) is 11.5 Å². The summed E-state index contributed by atoms with van der Waals surface area (Å²) in [5.41, 5.74) is 1.43. The fraction of sp³-hybridized carbons (Fsp3) is 0.350. The molecular formula is C20H25NO4. The molecule has 0 saturated heterocycles. The second kappa shape index (κ2) is 8.42. The molecule has 0 aromatic heterocycles. The minimum Gasteiger partial charge on any atom is -0.493 e. The van der Waals surface area contributed by atoms with Crippen molar-refractivity contribution in [2.45, 2.75) is 32.9 Å². The maximum absolute atomic E-state index is 12.6. The van der Waals surface area contributed by atoms with E-state index in [-0.39, 0.29) is 18.1 Å². The van der Waals surface area contributed by atoms with Gasteiger partial charge in [-0.25, -0.2) is 0 Å². The third kappa shape index (κ3) is 4.66. The Kier molecular flexibility index (Phi) is 6.28. The number of amides is 1. The molecule has 0 bridgehead atoms. The first kappa shape index (κ1) is 18.6. The minimum absolute atomic E-state index is 0.128. The van der Waals surface area contributed by atoms with Gasteiger partial charge in [0.25, 0.3) is 5.91 Å². The third-order valence-corrected chi connectivity index (χ3v) is 3.75. The molecule has 5 heteroatoms. The van der Waals surface area contributed by atoms with Gasteiger partial charge in [-0.1, -0.05) is 18.2 Å². The highest BCUT2D eigenvalue weighted by atomic mass is 16.5. The highest BCUT2D eigenvalue weighted by Crippen LogP contribution is 2.31. The fourth-order valence-corrected chi connectivity index (χ4v) is 2.53. The molecule has 0 spiro atoms. The zero-order chi connectivity index (χ0) is 18.4. The van der Waals surface area contributed by atoms with Crippen molar-refractivity contribution in [1.29, 1.82) is 0 Å². The third-order valence-electron chi connectivity index (χ3n) is 3.75. The molecular weight excluding hydrogens is 318 g/mol. The molecule has 2 rings (SSSR count). The second-order valence-electron chi connectivity index (χ2n) is 5.97. The number of hydrogen-bond acceptors (Lipinski definition) is 4. The first-order chi connectivity index (χ1) is 12.0. The Morgan fingerprint density at radius 3 is 2.20 bits per heavy atom. The molecule has 0 aliphatic carbocycles. The molecule has 1 amide bonds. The normalized spacial score (nSPS) is 11.8. The van der Waals surface area contributed by atoms with Gasteiger partial charge in [0.2, 0.25) is 0 Å². The Morgan fingerprint density at radius 1 is 0.960 bits per heavy atom. The largest absolute Gasteiger partial charge is 0.493 e. The molecule has 5 nitrogen and oxygen atoms in total. The van der Waals surface area contributed by atoms with Gasteiger partial charge >= 0.3 is 0 Å². The topological polar surface area (TPSA) is 56.8 Å². The van der Waals surface area contributed by atoms with Crippen LogP contribution in [0, 0.1) is 0 Å². The molecule has 1 N–H and O–H groups in total. The maximum atomic E-state index is 12.6. The number of benzene rings is 2. The molecule has 2 aromatic carbocycles. The van der Waals surface area contributed by atoms with E-state index in [0.29, 0.717) is 17.1 Å². The molecule has 0 aliphatic rings. The van der Waals surface area contributed by atoms with Crippen molar-refractivity contribution in [3.8, 4) is 17.2 Å². The average Bonchev–Trinajstić information content (AvgIpc) is 2.60. The Morgan fingerprint density at radius 2 is 1.64 bits per heavy atom. The molecule has 0 radical (unpaired) electrons. The van der Waals surface area contributed by atoms with E-state index in [9.17, 15) is 4.79 Å². The van der Waals surface area contributed by atoms with Crippen molar-refractivity contribution in [2.24, 2.45) is 0 Å². The standard InChI is InChI=1S/C20H25NO4/c1-13(2)25-16-11-9-15(10-12-16)14(3)21-20(22)17-7-6-8-18(23-4)19(17)24-5/h6-14H,1-5H3,(H,21,22). The highest BCUT2D eigenvalue weighted by Gasteiger charge is 2.18. The van der Waals surface area contributed by atoms with Gasteiger partial charge in [0, 0.05) is 0 Å². The smallest absolute Gasteiger partial charge is 0.255 e. The molecule has 2 aromatic rings. The molecule has 0 fully saturated rings. The van der Waals surface area contributed by atoms with Gasteiger partial charge in [-0.3, -0.25) is 4.79 Å². The molecule has 0 heterocycles. The molecule has 0 saturated carbocycles. The summed E-state index contributed by atoms with van der Waals surface area (Å²) in [5, 5.41) is 2.98. The van der Waals surface area contributed by atoms with E-state index in [4.69, 9.17) is 14.2 Å². The number of nitrogens with one attached hydrogen (secondary N) is 1. The second-order valence-corrected chi connectivity index (χ2v) is 5.97. The number of methoxy groups -OCH3 is 2. The quantitative estimate of drug-likeness (QED) is 0.826. The van der Waals surface area contributed by atoms with Crippen LogP contribution in [0.4, 0.5) is 0 Å². The van der Waals surface area contributed by atoms with Crippen molar-refractivity contribution < 1.29 is 19.0 Å². The van der Waals surface area contributed by atoms with Crippen LogP contribution in [-0.2, 0) is 0 Å². The van der Waals surface area contributed by atoms with Gasteiger partial charge in [0.1, 0.15) is 5.75 Å². The van der Waals surface area contributed by atoms with E-state index >= 15 is 0 Å². The average molecular weight is 343 g/mol. The van der Waals surface area contributed by atoms with Crippen LogP contribution in [-0.4, -0.2) is 26.2 Å². The predicted octanol–water partition coefficient (Wildman–Crippen LogP) is 3.98. The summed E-state index contributed by atoms with van der Waals surface area (Å²) >= 11 is 0. The van der Waals surface area contributed by atoms with Crippen molar-refractivity contribution in [3.63, 3.8) is 0 Å². The van der Waals surface area contributed by atoms with Gasteiger partial charge in [-0.05, 0) is 50.6 Å². The van der Waals surface area contributed by atoms with Crippen LogP contribution in [0.1, 0.15) is 42.7 Å². The fourth-order valence-electron chi connectivity index (χ4n) is 2.53. The van der Waals surface area contributed by atoms with Gasteiger partial charge < -0.3 is 19.5 Å². The predicted molar refractivity (Wildman–Crippen MR) is 97.6 cm³/mol. The lowest BCUT2D eigenvalue weighted by Crippen LogP contribution is -2.27. The van der Waals surface area contributed by atoms with E-state index in [1.807, 2.05) is 45.0 Å². The first-order valence-corrected chi connectivity index (χ1v) is 8.24. The van der Waals surface area contributed by atoms with Gasteiger partial charge in [-0.15, -0.1) is 0 Å². The van der Waals surface area contributed by atoms with Gasteiger partial charge in [-0.2, -0.15) is 0 Å². The zero-order valence-electron chi connectivity index (χ0n) is 15.3. The van der Waals surface area contributed by atoms with Crippen LogP contribution in [0.25, 0.3) is 0 Å². The number of ether oxygens (including phenoxy) is 3. The van der Waals surface area contributed by atoms with Crippen LogP contribution >= 0.6 is 0 Å². The van der Waals surface area contributed by atoms with Crippen molar-refractivity contribution in [2.75, 3.05) is 14.2 Å². The number of para-hydroxylation sites is 1. The lowest BCUT2D eigenvalue weighted by Gasteiger charge is -2.17. The van der Waals surface area contributed by atoms with Crippen molar-refractivity contribution in [3.05, 3.63) is 53.6 Å². The summed E-state index contributed by atoms with van der Waals surface area (Å²) in [5.74, 6) is 1.55. The maximum Gasteiger partial charge on any atom is 0.255 e. The Balaban J connectivity index is 2.12. The van der Waals surface area contributed by atoms with Crippen LogP contribution < -0.4 is 19.5 Å². The lowest BCUT2D eigenvalue weighted by atomic mass is 10.1. The minimum atomic E-state index is -0.217. The summed E-state index contributed by atoms with van der Waals surface area (Å²) in [6.07, 6.45) is 0.128. The Labute approximate surface area is 148 Å². The lowest BCUT2D eigenvalue weighted by molar-refractivity contribution is 0.0936. The Bertz CT molecular complexity index is 710. The van der Waals surface area contributed by atoms with Crippen LogP contribution in [0.2, 0.25) is 0 Å². The van der Waals surface area contributed by atoms with Crippen molar-refractivity contribution >= 4 is 5.91 Å². The number of rotatable bonds is 7. The summed E-state index contributed by atoms with van der Waals surface area (Å²) in [4.78, 5) is 12.6. The number of carbonyl (C=O) groups excluding carboxylic acids is 1. The van der Waals surface area contributed by atoms with E-state index < -0.39 is 0 Å². The number of hydrogen-bond donors (Lipinski definition) is 1. The van der Waals surface area contributed by atoms with E-state index in [1.165, 1.54) is 7.11 Å². The van der Waals surface area contributed by atoms with Crippen molar-refractivity contribution in [1.82, 2.24) is 5.32 Å². The molecule has 1 unspecified atom stereocenters. The molecule has 134 valence electrons. The number of carbonyl (C=O) groups is 1. The zero-order valence-corrected chi connectivity index (χ0v) is 15.3. The van der Waals surface area contributed by atoms with Crippen LogP contribution in [0.15, 0.2) is 42.5 Å². The first-order valence-electron chi connectivity index (χ1n) is 8.24. The summed E-state index contributed by atoms with van der Waals surface area (Å²) < 4.78 is 16.2. The van der Waals surface area contributed by atoms with Gasteiger partial charge in [0.05, 0.1) is 31.9 Å². The highest BCUT2D eigenvalue weighted by molar-refractivity contribution is 5.98. The summed E-state index contributed by atoms with van der Waals surface area (Å²) in [6, 6.07) is 12.8. The molecule has 0 aliphatic heterocycles. The van der Waals surface area contributed by atoms with E-state index in [2.05, 4.69) is 5.32 Å². The van der Waals surface area contributed by atoms with Crippen LogP contribution in [0.5, 0.6) is 17.2 Å². The Hall–Kier alpha value is -2.69. The van der Waals surface area contributed by atoms with E-state index in [1.54, 1.807) is 25.3 Å². The van der Waals surface area contributed by atoms with E-state index in [0.717, 1.165) is 11.3 Å². The molecule has 1 atom stereocenters. The molecule has 25 heavy (non-hydrogen) atoms. The summed E-state index contributed by atoms with van der Waals surface area (Å²) in [7, 11) is 3.06. The SMILES string of the molecule is COc1cccc(C(=O)NC(C)c2ccc(OC(C)C)cc2)c1OC. The summed E-state index contributed by atoms with van der Waals surface area (Å²) in [6.45, 7) is 5.90. The van der Waals surface area contributed by atoms with Crippen LogP contribution in [0.3, 0.4) is 0 Å². The monoisotopic (exact) mass is 343 g/mol.